The first kappa shape index (κ1) is 17.8. The molecule has 0 unspecified atom stereocenters. The van der Waals surface area contributed by atoms with E-state index >= 15 is 0 Å². The average molecular weight is 295 g/mol. The average Bonchev–Trinajstić information content (AvgIpc) is 2.46. The Balaban J connectivity index is 2.69. The molecule has 0 aliphatic heterocycles. The molecule has 0 heterocycles. The highest BCUT2D eigenvalue weighted by atomic mass is 16.5. The Kier molecular flexibility index (Phi) is 8.87. The molecule has 1 aromatic rings. The van der Waals surface area contributed by atoms with Crippen molar-refractivity contribution in [1.29, 1.82) is 0 Å². The van der Waals surface area contributed by atoms with Crippen LogP contribution in [0.3, 0.4) is 0 Å². The Morgan fingerprint density at radius 3 is 2.62 bits per heavy atom. The maximum absolute atomic E-state index is 8.79. The zero-order chi connectivity index (χ0) is 15.5. The summed E-state index contributed by atoms with van der Waals surface area (Å²) < 4.78 is 11.6. The predicted molar refractivity (Wildman–Crippen MR) is 86.0 cm³/mol. The number of hydrogen-bond donors (Lipinski definition) is 2. The maximum Gasteiger partial charge on any atom is 0.165 e. The Morgan fingerprint density at radius 1 is 1.14 bits per heavy atom. The van der Waals surface area contributed by atoms with Gasteiger partial charge in [-0.25, -0.2) is 0 Å². The van der Waals surface area contributed by atoms with Crippen molar-refractivity contribution in [3.05, 3.63) is 23.8 Å². The van der Waals surface area contributed by atoms with Gasteiger partial charge in [0.25, 0.3) is 0 Å². The molecule has 2 N–H and O–H groups in total. The Morgan fingerprint density at radius 2 is 1.95 bits per heavy atom. The number of aliphatic hydroxyl groups is 1. The second-order valence-electron chi connectivity index (χ2n) is 5.35. The minimum atomic E-state index is 0.249. The largest absolute Gasteiger partial charge is 0.490 e. The van der Waals surface area contributed by atoms with Gasteiger partial charge >= 0.3 is 0 Å². The van der Waals surface area contributed by atoms with Crippen molar-refractivity contribution >= 4 is 0 Å². The van der Waals surface area contributed by atoms with E-state index in [1.807, 2.05) is 19.1 Å². The van der Waals surface area contributed by atoms with Gasteiger partial charge in [0.05, 0.1) is 13.2 Å². The molecule has 0 aliphatic carbocycles. The van der Waals surface area contributed by atoms with Crippen molar-refractivity contribution < 1.29 is 14.6 Å². The molecule has 1 aromatic carbocycles. The van der Waals surface area contributed by atoms with E-state index in [1.165, 1.54) is 0 Å². The number of benzene rings is 1. The van der Waals surface area contributed by atoms with Crippen LogP contribution in [0.1, 0.15) is 45.6 Å². The standard InChI is InChI=1S/C17H29NO3/c1-4-20-16-10-8-9-15(13-18-14(2)3)17(16)21-12-7-5-6-11-19/h8-10,14,18-19H,4-7,11-13H2,1-3H3. The van der Waals surface area contributed by atoms with Crippen LogP contribution in [-0.2, 0) is 6.54 Å². The fourth-order valence-electron chi connectivity index (χ4n) is 2.01. The monoisotopic (exact) mass is 295 g/mol. The van der Waals surface area contributed by atoms with Crippen LogP contribution in [0.2, 0.25) is 0 Å². The molecule has 120 valence electrons. The van der Waals surface area contributed by atoms with Crippen LogP contribution in [0.15, 0.2) is 18.2 Å². The van der Waals surface area contributed by atoms with E-state index in [0.717, 1.165) is 42.9 Å². The molecule has 0 aromatic heterocycles. The maximum atomic E-state index is 8.79. The molecule has 0 saturated heterocycles. The van der Waals surface area contributed by atoms with E-state index in [-0.39, 0.29) is 6.61 Å². The van der Waals surface area contributed by atoms with Gasteiger partial charge in [-0.2, -0.15) is 0 Å². The molecule has 1 rings (SSSR count). The van der Waals surface area contributed by atoms with Gasteiger partial charge in [0.1, 0.15) is 0 Å². The van der Waals surface area contributed by atoms with Crippen LogP contribution in [0.4, 0.5) is 0 Å². The van der Waals surface area contributed by atoms with E-state index < -0.39 is 0 Å². The number of para-hydroxylation sites is 1. The van der Waals surface area contributed by atoms with Crippen LogP contribution < -0.4 is 14.8 Å². The normalized spacial score (nSPS) is 10.9. The van der Waals surface area contributed by atoms with Crippen molar-refractivity contribution in [2.75, 3.05) is 19.8 Å². The highest BCUT2D eigenvalue weighted by molar-refractivity contribution is 5.46. The fraction of sp³-hybridized carbons (Fsp3) is 0.647. The van der Waals surface area contributed by atoms with E-state index in [0.29, 0.717) is 19.3 Å². The summed E-state index contributed by atoms with van der Waals surface area (Å²) in [6.07, 6.45) is 2.75. The molecular weight excluding hydrogens is 266 g/mol. The number of aliphatic hydroxyl groups excluding tert-OH is 1. The first-order valence-electron chi connectivity index (χ1n) is 7.90. The second kappa shape index (κ2) is 10.5. The molecule has 0 spiro atoms. The van der Waals surface area contributed by atoms with E-state index in [1.54, 1.807) is 0 Å². The molecule has 0 amide bonds. The molecule has 0 aliphatic rings. The zero-order valence-electron chi connectivity index (χ0n) is 13.5. The SMILES string of the molecule is CCOc1cccc(CNC(C)C)c1OCCCCCO. The predicted octanol–water partition coefficient (Wildman–Crippen LogP) is 3.12. The van der Waals surface area contributed by atoms with Gasteiger partial charge in [0.15, 0.2) is 11.5 Å². The molecule has 4 nitrogen and oxygen atoms in total. The Labute approximate surface area is 128 Å². The van der Waals surface area contributed by atoms with Gasteiger partial charge in [-0.1, -0.05) is 26.0 Å². The van der Waals surface area contributed by atoms with Crippen LogP contribution in [0.25, 0.3) is 0 Å². The highest BCUT2D eigenvalue weighted by Gasteiger charge is 2.11. The number of unbranched alkanes of at least 4 members (excludes halogenated alkanes) is 2. The summed E-state index contributed by atoms with van der Waals surface area (Å²) in [6, 6.07) is 6.45. The van der Waals surface area contributed by atoms with Gasteiger partial charge in [-0.05, 0) is 32.3 Å². The molecule has 0 radical (unpaired) electrons. The number of hydrogen-bond acceptors (Lipinski definition) is 4. The first-order valence-corrected chi connectivity index (χ1v) is 7.90. The second-order valence-corrected chi connectivity index (χ2v) is 5.35. The van der Waals surface area contributed by atoms with Gasteiger partial charge in [0, 0.05) is 24.8 Å². The molecule has 4 heteroatoms. The molecular formula is C17H29NO3. The quantitative estimate of drug-likeness (QED) is 0.616. The van der Waals surface area contributed by atoms with E-state index in [2.05, 4.69) is 25.2 Å². The van der Waals surface area contributed by atoms with Crippen molar-refractivity contribution in [3.63, 3.8) is 0 Å². The van der Waals surface area contributed by atoms with Crippen LogP contribution >= 0.6 is 0 Å². The molecule has 21 heavy (non-hydrogen) atoms. The van der Waals surface area contributed by atoms with Gasteiger partial charge < -0.3 is 19.9 Å². The zero-order valence-corrected chi connectivity index (χ0v) is 13.5. The molecule has 0 bridgehead atoms. The lowest BCUT2D eigenvalue weighted by molar-refractivity contribution is 0.253. The summed E-state index contributed by atoms with van der Waals surface area (Å²) in [7, 11) is 0. The summed E-state index contributed by atoms with van der Waals surface area (Å²) in [5.41, 5.74) is 1.12. The van der Waals surface area contributed by atoms with Gasteiger partial charge in [-0.15, -0.1) is 0 Å². The first-order chi connectivity index (χ1) is 10.2. The van der Waals surface area contributed by atoms with Crippen molar-refractivity contribution in [2.24, 2.45) is 0 Å². The third-order valence-electron chi connectivity index (χ3n) is 3.11. The summed E-state index contributed by atoms with van der Waals surface area (Å²) in [5, 5.41) is 12.2. The van der Waals surface area contributed by atoms with E-state index in [9.17, 15) is 0 Å². The van der Waals surface area contributed by atoms with Gasteiger partial charge in [0.2, 0.25) is 0 Å². The fourth-order valence-corrected chi connectivity index (χ4v) is 2.01. The summed E-state index contributed by atoms with van der Waals surface area (Å²) >= 11 is 0. The third kappa shape index (κ3) is 6.82. The number of rotatable bonds is 11. The van der Waals surface area contributed by atoms with Crippen molar-refractivity contribution in [1.82, 2.24) is 5.32 Å². The van der Waals surface area contributed by atoms with E-state index in [4.69, 9.17) is 14.6 Å². The minimum absolute atomic E-state index is 0.249. The third-order valence-corrected chi connectivity index (χ3v) is 3.11. The van der Waals surface area contributed by atoms with Crippen LogP contribution in [0, 0.1) is 0 Å². The van der Waals surface area contributed by atoms with Crippen LogP contribution in [-0.4, -0.2) is 31.0 Å². The summed E-state index contributed by atoms with van der Waals surface area (Å²) in [5.74, 6) is 1.65. The topological polar surface area (TPSA) is 50.7 Å². The number of nitrogens with one attached hydrogen (secondary N) is 1. The lowest BCUT2D eigenvalue weighted by Gasteiger charge is -2.17. The Bertz CT molecular complexity index is 394. The lowest BCUT2D eigenvalue weighted by atomic mass is 10.1. The molecule has 0 atom stereocenters. The Hall–Kier alpha value is -1.26. The van der Waals surface area contributed by atoms with Crippen molar-refractivity contribution in [3.8, 4) is 11.5 Å². The molecule has 0 saturated carbocycles. The minimum Gasteiger partial charge on any atom is -0.490 e. The number of ether oxygens (including phenoxy) is 2. The van der Waals surface area contributed by atoms with Gasteiger partial charge in [-0.3, -0.25) is 0 Å². The summed E-state index contributed by atoms with van der Waals surface area (Å²) in [4.78, 5) is 0. The smallest absolute Gasteiger partial charge is 0.165 e. The lowest BCUT2D eigenvalue weighted by Crippen LogP contribution is -2.22. The molecule has 0 fully saturated rings. The highest BCUT2D eigenvalue weighted by Crippen LogP contribution is 2.31. The van der Waals surface area contributed by atoms with Crippen molar-refractivity contribution in [2.45, 2.75) is 52.6 Å². The van der Waals surface area contributed by atoms with Crippen LogP contribution in [0.5, 0.6) is 11.5 Å². The summed E-state index contributed by atoms with van der Waals surface area (Å²) in [6.45, 7) is 8.53.